The summed E-state index contributed by atoms with van der Waals surface area (Å²) in [7, 11) is 0. The van der Waals surface area contributed by atoms with Gasteiger partial charge in [0.15, 0.2) is 0 Å². The average Bonchev–Trinajstić information content (AvgIpc) is 3.49. The number of ether oxygens (including phenoxy) is 2. The predicted octanol–water partition coefficient (Wildman–Crippen LogP) is 4.38. The number of epoxide rings is 1. The molecule has 1 saturated heterocycles. The van der Waals surface area contributed by atoms with E-state index in [4.69, 9.17) is 9.47 Å². The molecule has 1 heterocycles. The van der Waals surface area contributed by atoms with Crippen LogP contribution in [0, 0.1) is 0 Å². The third-order valence-electron chi connectivity index (χ3n) is 4.27. The Morgan fingerprint density at radius 2 is 1.72 bits per heavy atom. The van der Waals surface area contributed by atoms with Gasteiger partial charge >= 0.3 is 6.09 Å². The molecule has 1 fully saturated rings. The van der Waals surface area contributed by atoms with Crippen molar-refractivity contribution in [2.75, 3.05) is 18.1 Å². The first-order chi connectivity index (χ1) is 12.3. The van der Waals surface area contributed by atoms with E-state index in [2.05, 4.69) is 0 Å². The number of hydrogen-bond donors (Lipinski definition) is 0. The minimum absolute atomic E-state index is 0.0863. The van der Waals surface area contributed by atoms with E-state index >= 15 is 0 Å². The first kappa shape index (κ1) is 15.7. The fraction of sp³-hybridized carbons (Fsp3) is 0.190. The van der Waals surface area contributed by atoms with Crippen molar-refractivity contribution in [3.8, 4) is 0 Å². The number of hydrogen-bond acceptors (Lipinski definition) is 3. The second-order valence-corrected chi connectivity index (χ2v) is 6.10. The molecule has 4 rings (SSSR count). The molecule has 1 amide bonds. The molecular weight excluding hydrogens is 314 g/mol. The summed E-state index contributed by atoms with van der Waals surface area (Å²) in [6, 6.07) is 23.7. The smallest absolute Gasteiger partial charge is 0.414 e. The van der Waals surface area contributed by atoms with Gasteiger partial charge in [-0.25, -0.2) is 4.79 Å². The molecule has 25 heavy (non-hydrogen) atoms. The average molecular weight is 333 g/mol. The van der Waals surface area contributed by atoms with Crippen LogP contribution in [0.2, 0.25) is 0 Å². The molecule has 0 radical (unpaired) electrons. The zero-order valence-electron chi connectivity index (χ0n) is 13.8. The van der Waals surface area contributed by atoms with Gasteiger partial charge in [0, 0.05) is 5.39 Å². The van der Waals surface area contributed by atoms with Gasteiger partial charge in [-0.05, 0) is 17.0 Å². The van der Waals surface area contributed by atoms with Gasteiger partial charge in [0.1, 0.15) is 6.61 Å². The van der Waals surface area contributed by atoms with Crippen LogP contribution in [0.25, 0.3) is 10.8 Å². The molecule has 3 aromatic rings. The molecule has 0 saturated carbocycles. The molecule has 0 N–H and O–H groups in total. The number of benzene rings is 3. The maximum Gasteiger partial charge on any atom is 0.414 e. The summed E-state index contributed by atoms with van der Waals surface area (Å²) >= 11 is 0. The third-order valence-corrected chi connectivity index (χ3v) is 4.27. The normalized spacial score (nSPS) is 15.8. The second-order valence-electron chi connectivity index (χ2n) is 6.10. The number of carbonyl (C=O) groups excluding carboxylic acids is 1. The molecule has 1 unspecified atom stereocenters. The van der Waals surface area contributed by atoms with Crippen molar-refractivity contribution in [2.24, 2.45) is 0 Å². The number of rotatable bonds is 5. The van der Waals surface area contributed by atoms with E-state index in [0.29, 0.717) is 13.2 Å². The quantitative estimate of drug-likeness (QED) is 0.651. The molecule has 3 aromatic carbocycles. The van der Waals surface area contributed by atoms with Crippen molar-refractivity contribution in [1.82, 2.24) is 0 Å². The summed E-state index contributed by atoms with van der Waals surface area (Å²) in [4.78, 5) is 14.5. The molecule has 0 spiro atoms. The van der Waals surface area contributed by atoms with E-state index in [1.54, 1.807) is 4.90 Å². The van der Waals surface area contributed by atoms with Crippen molar-refractivity contribution in [3.05, 3.63) is 78.4 Å². The van der Waals surface area contributed by atoms with Gasteiger partial charge in [0.05, 0.1) is 24.9 Å². The zero-order valence-corrected chi connectivity index (χ0v) is 13.8. The van der Waals surface area contributed by atoms with E-state index in [0.717, 1.165) is 22.0 Å². The number of anilines is 1. The number of carbonyl (C=O) groups is 1. The highest BCUT2D eigenvalue weighted by atomic mass is 16.6. The molecule has 0 bridgehead atoms. The van der Waals surface area contributed by atoms with Crippen LogP contribution in [0.1, 0.15) is 5.56 Å². The summed E-state index contributed by atoms with van der Waals surface area (Å²) in [5.41, 5.74) is 1.82. The Morgan fingerprint density at radius 1 is 1.00 bits per heavy atom. The van der Waals surface area contributed by atoms with Gasteiger partial charge in [-0.3, -0.25) is 4.90 Å². The molecule has 1 aliphatic rings. The first-order valence-electron chi connectivity index (χ1n) is 8.39. The maximum absolute atomic E-state index is 12.8. The Hall–Kier alpha value is -2.85. The minimum atomic E-state index is -0.351. The second kappa shape index (κ2) is 6.95. The lowest BCUT2D eigenvalue weighted by atomic mass is 10.1. The minimum Gasteiger partial charge on any atom is -0.444 e. The van der Waals surface area contributed by atoms with Crippen molar-refractivity contribution in [2.45, 2.75) is 12.7 Å². The molecule has 1 atom stereocenters. The van der Waals surface area contributed by atoms with Crippen LogP contribution in [0.3, 0.4) is 0 Å². The summed E-state index contributed by atoms with van der Waals surface area (Å²) in [5, 5.41) is 2.12. The van der Waals surface area contributed by atoms with Crippen LogP contribution in [0.5, 0.6) is 0 Å². The Bertz CT molecular complexity index is 869. The number of nitrogens with zero attached hydrogens (tertiary/aromatic N) is 1. The largest absolute Gasteiger partial charge is 0.444 e. The fourth-order valence-electron chi connectivity index (χ4n) is 2.89. The molecule has 4 heteroatoms. The highest BCUT2D eigenvalue weighted by molar-refractivity contribution is 6.01. The maximum atomic E-state index is 12.8. The van der Waals surface area contributed by atoms with Gasteiger partial charge in [-0.15, -0.1) is 0 Å². The van der Waals surface area contributed by atoms with Crippen LogP contribution >= 0.6 is 0 Å². The Balaban J connectivity index is 1.59. The molecule has 1 aliphatic heterocycles. The zero-order chi connectivity index (χ0) is 17.1. The number of amides is 1. The van der Waals surface area contributed by atoms with Crippen LogP contribution in [0.4, 0.5) is 10.5 Å². The van der Waals surface area contributed by atoms with Gasteiger partial charge in [-0.1, -0.05) is 66.7 Å². The molecule has 4 nitrogen and oxygen atoms in total. The van der Waals surface area contributed by atoms with E-state index in [-0.39, 0.29) is 18.8 Å². The van der Waals surface area contributed by atoms with Gasteiger partial charge in [0.25, 0.3) is 0 Å². The first-order valence-corrected chi connectivity index (χ1v) is 8.39. The summed E-state index contributed by atoms with van der Waals surface area (Å²) < 4.78 is 10.9. The molecule has 0 aromatic heterocycles. The lowest BCUT2D eigenvalue weighted by molar-refractivity contribution is 0.146. The fourth-order valence-corrected chi connectivity index (χ4v) is 2.89. The third kappa shape index (κ3) is 3.64. The van der Waals surface area contributed by atoms with Crippen LogP contribution < -0.4 is 4.90 Å². The van der Waals surface area contributed by atoms with E-state index in [1.165, 1.54) is 0 Å². The monoisotopic (exact) mass is 333 g/mol. The molecule has 0 aliphatic carbocycles. The topological polar surface area (TPSA) is 42.1 Å². The Kier molecular flexibility index (Phi) is 4.36. The summed E-state index contributed by atoms with van der Waals surface area (Å²) in [6.07, 6.45) is -0.265. The van der Waals surface area contributed by atoms with Crippen LogP contribution in [-0.2, 0) is 16.1 Å². The number of fused-ring (bicyclic) bond motifs is 1. The van der Waals surface area contributed by atoms with Crippen molar-refractivity contribution in [1.29, 1.82) is 0 Å². The van der Waals surface area contributed by atoms with Gasteiger partial charge in [0.2, 0.25) is 0 Å². The lowest BCUT2D eigenvalue weighted by Crippen LogP contribution is -2.35. The SMILES string of the molecule is O=C(OCc1ccccc1)N(CC1CO1)c1cccc2ccccc12. The highest BCUT2D eigenvalue weighted by Crippen LogP contribution is 2.29. The summed E-state index contributed by atoms with van der Waals surface area (Å²) in [6.45, 7) is 1.45. The summed E-state index contributed by atoms with van der Waals surface area (Å²) in [5.74, 6) is 0. The van der Waals surface area contributed by atoms with E-state index in [1.807, 2.05) is 72.8 Å². The van der Waals surface area contributed by atoms with Gasteiger partial charge < -0.3 is 9.47 Å². The molecular formula is C21H19NO3. The van der Waals surface area contributed by atoms with Crippen LogP contribution in [-0.4, -0.2) is 25.3 Å². The van der Waals surface area contributed by atoms with Crippen molar-refractivity contribution in [3.63, 3.8) is 0 Å². The van der Waals surface area contributed by atoms with Gasteiger partial charge in [-0.2, -0.15) is 0 Å². The Labute approximate surface area is 146 Å². The highest BCUT2D eigenvalue weighted by Gasteiger charge is 2.30. The Morgan fingerprint density at radius 3 is 2.52 bits per heavy atom. The van der Waals surface area contributed by atoms with Crippen molar-refractivity contribution < 1.29 is 14.3 Å². The predicted molar refractivity (Wildman–Crippen MR) is 97.7 cm³/mol. The van der Waals surface area contributed by atoms with Crippen LogP contribution in [0.15, 0.2) is 72.8 Å². The van der Waals surface area contributed by atoms with Crippen molar-refractivity contribution >= 4 is 22.6 Å². The standard InChI is InChI=1S/C21H19NO3/c23-21(25-14-16-7-2-1-3-8-16)22(13-18-15-24-18)20-12-6-10-17-9-4-5-11-19(17)20/h1-12,18H,13-15H2. The van der Waals surface area contributed by atoms with E-state index in [9.17, 15) is 4.79 Å². The van der Waals surface area contributed by atoms with E-state index < -0.39 is 0 Å². The lowest BCUT2D eigenvalue weighted by Gasteiger charge is -2.23. The molecule has 126 valence electrons.